The number of amides is 1. The number of carbonyl (C=O) groups is 1. The van der Waals surface area contributed by atoms with Crippen LogP contribution in [0.15, 0.2) is 58.8 Å². The third-order valence-electron chi connectivity index (χ3n) is 3.57. The van der Waals surface area contributed by atoms with Gasteiger partial charge in [0, 0.05) is 16.6 Å². The largest absolute Gasteiger partial charge is 0.298 e. The number of halogens is 1. The molecule has 0 spiro atoms. The van der Waals surface area contributed by atoms with Crippen molar-refractivity contribution < 1.29 is 13.2 Å². The van der Waals surface area contributed by atoms with Crippen molar-refractivity contribution >= 4 is 50.5 Å². The third kappa shape index (κ3) is 5.29. The molecule has 1 amide bonds. The molecule has 142 valence electrons. The summed E-state index contributed by atoms with van der Waals surface area (Å²) in [6.07, 6.45) is 0. The molecule has 2 aromatic carbocycles. The first-order valence-corrected chi connectivity index (χ1v) is 10.1. The zero-order chi connectivity index (χ0) is 18.7. The molecular formula is C18H18ClN3O3S2. The maximum atomic E-state index is 12.4. The predicted molar refractivity (Wildman–Crippen MR) is 110 cm³/mol. The molecule has 3 aromatic rings. The number of hydrogen-bond acceptors (Lipinski definition) is 5. The van der Waals surface area contributed by atoms with Crippen LogP contribution in [0.2, 0.25) is 0 Å². The lowest BCUT2D eigenvalue weighted by molar-refractivity contribution is 0.102. The molecule has 0 saturated heterocycles. The number of rotatable bonds is 5. The van der Waals surface area contributed by atoms with Gasteiger partial charge in [0.05, 0.1) is 10.6 Å². The number of nitrogens with one attached hydrogen (secondary N) is 2. The Bertz CT molecular complexity index is 1030. The highest BCUT2D eigenvalue weighted by Gasteiger charge is 2.15. The molecule has 0 aliphatic heterocycles. The molecule has 0 atom stereocenters. The number of thiazole rings is 1. The quantitative estimate of drug-likeness (QED) is 0.642. The monoisotopic (exact) mass is 423 g/mol. The van der Waals surface area contributed by atoms with Crippen LogP contribution in [-0.2, 0) is 10.0 Å². The number of nitrogens with zero attached hydrogens (tertiary/aromatic N) is 1. The second-order valence-electron chi connectivity index (χ2n) is 5.74. The molecule has 0 aliphatic carbocycles. The van der Waals surface area contributed by atoms with E-state index in [4.69, 9.17) is 0 Å². The van der Waals surface area contributed by atoms with E-state index in [0.29, 0.717) is 16.4 Å². The summed E-state index contributed by atoms with van der Waals surface area (Å²) in [6.45, 7) is 3.77. The molecular weight excluding hydrogens is 406 g/mol. The van der Waals surface area contributed by atoms with Gasteiger partial charge in [0.2, 0.25) is 0 Å². The lowest BCUT2D eigenvalue weighted by Crippen LogP contribution is -2.14. The van der Waals surface area contributed by atoms with E-state index >= 15 is 0 Å². The lowest BCUT2D eigenvalue weighted by Gasteiger charge is -2.09. The van der Waals surface area contributed by atoms with Crippen LogP contribution >= 0.6 is 23.7 Å². The first-order chi connectivity index (χ1) is 12.3. The normalized spacial score (nSPS) is 10.7. The van der Waals surface area contributed by atoms with Crippen LogP contribution in [0.25, 0.3) is 0 Å². The Morgan fingerprint density at radius 1 is 1.00 bits per heavy atom. The van der Waals surface area contributed by atoms with Gasteiger partial charge in [0.15, 0.2) is 5.13 Å². The number of sulfonamides is 1. The van der Waals surface area contributed by atoms with Gasteiger partial charge in [0.1, 0.15) is 0 Å². The van der Waals surface area contributed by atoms with Gasteiger partial charge in [0.25, 0.3) is 15.9 Å². The van der Waals surface area contributed by atoms with E-state index in [-0.39, 0.29) is 23.2 Å². The minimum Gasteiger partial charge on any atom is -0.298 e. The molecule has 1 aromatic heterocycles. The van der Waals surface area contributed by atoms with Crippen LogP contribution in [0.4, 0.5) is 10.8 Å². The van der Waals surface area contributed by atoms with Crippen LogP contribution in [0.5, 0.6) is 0 Å². The van der Waals surface area contributed by atoms with Crippen molar-refractivity contribution in [3.05, 3.63) is 70.7 Å². The number of aryl methyl sites for hydroxylation is 2. The molecule has 1 heterocycles. The van der Waals surface area contributed by atoms with Gasteiger partial charge in [-0.2, -0.15) is 0 Å². The van der Waals surface area contributed by atoms with Crippen LogP contribution in [0.3, 0.4) is 0 Å². The fraction of sp³-hybridized carbons (Fsp3) is 0.111. The predicted octanol–water partition coefficient (Wildman–Crippen LogP) is 4.23. The van der Waals surface area contributed by atoms with E-state index in [0.717, 1.165) is 11.3 Å². The Hall–Kier alpha value is -2.42. The van der Waals surface area contributed by atoms with Gasteiger partial charge >= 0.3 is 0 Å². The van der Waals surface area contributed by atoms with Crippen molar-refractivity contribution in [2.24, 2.45) is 0 Å². The lowest BCUT2D eigenvalue weighted by atomic mass is 10.2. The average molecular weight is 424 g/mol. The molecule has 9 heteroatoms. The van der Waals surface area contributed by atoms with E-state index in [1.165, 1.54) is 35.6 Å². The van der Waals surface area contributed by atoms with Crippen molar-refractivity contribution in [1.29, 1.82) is 0 Å². The second-order valence-corrected chi connectivity index (χ2v) is 8.28. The van der Waals surface area contributed by atoms with Gasteiger partial charge in [-0.1, -0.05) is 17.7 Å². The highest BCUT2D eigenvalue weighted by atomic mass is 35.5. The zero-order valence-electron chi connectivity index (χ0n) is 14.6. The van der Waals surface area contributed by atoms with E-state index in [1.54, 1.807) is 12.1 Å². The highest BCUT2D eigenvalue weighted by Crippen LogP contribution is 2.19. The van der Waals surface area contributed by atoms with Crippen molar-refractivity contribution in [3.8, 4) is 0 Å². The summed E-state index contributed by atoms with van der Waals surface area (Å²) in [4.78, 5) is 16.4. The molecule has 0 unspecified atom stereocenters. The first kappa shape index (κ1) is 20.9. The van der Waals surface area contributed by atoms with Crippen LogP contribution in [-0.4, -0.2) is 19.3 Å². The minimum absolute atomic E-state index is 0. The summed E-state index contributed by atoms with van der Waals surface area (Å²) >= 11 is 1.33. The van der Waals surface area contributed by atoms with Crippen molar-refractivity contribution in [2.45, 2.75) is 18.7 Å². The number of hydrogen-bond donors (Lipinski definition) is 2. The number of carbonyl (C=O) groups excluding carboxylic acids is 1. The topological polar surface area (TPSA) is 88.2 Å². The van der Waals surface area contributed by atoms with Crippen LogP contribution < -0.4 is 10.0 Å². The molecule has 27 heavy (non-hydrogen) atoms. The first-order valence-electron chi connectivity index (χ1n) is 7.76. The van der Waals surface area contributed by atoms with Crippen LogP contribution in [0, 0.1) is 13.8 Å². The van der Waals surface area contributed by atoms with Gasteiger partial charge < -0.3 is 0 Å². The Balaban J connectivity index is 0.00000261. The summed E-state index contributed by atoms with van der Waals surface area (Å²) < 4.78 is 27.4. The van der Waals surface area contributed by atoms with Crippen LogP contribution in [0.1, 0.15) is 21.6 Å². The summed E-state index contributed by atoms with van der Waals surface area (Å²) in [5.74, 6) is -0.338. The zero-order valence-corrected chi connectivity index (χ0v) is 17.0. The van der Waals surface area contributed by atoms with E-state index in [1.807, 2.05) is 31.4 Å². The van der Waals surface area contributed by atoms with E-state index in [9.17, 15) is 13.2 Å². The minimum atomic E-state index is -3.72. The molecule has 6 nitrogen and oxygen atoms in total. The molecule has 0 aliphatic rings. The molecule has 0 fully saturated rings. The summed E-state index contributed by atoms with van der Waals surface area (Å²) in [7, 11) is -3.72. The third-order valence-corrected chi connectivity index (χ3v) is 5.84. The molecule has 2 N–H and O–H groups in total. The van der Waals surface area contributed by atoms with Crippen molar-refractivity contribution in [3.63, 3.8) is 0 Å². The molecule has 0 saturated carbocycles. The fourth-order valence-corrected chi connectivity index (χ4v) is 3.94. The Kier molecular flexibility index (Phi) is 6.59. The SMILES string of the molecule is Cc1ccc(NS(=O)(=O)c2ccc(C(=O)Nc3nc(C)cs3)cc2)cc1.Cl. The van der Waals surface area contributed by atoms with Gasteiger partial charge in [-0.3, -0.25) is 14.8 Å². The maximum absolute atomic E-state index is 12.4. The average Bonchev–Trinajstić information content (AvgIpc) is 3.02. The summed E-state index contributed by atoms with van der Waals surface area (Å²) in [5.41, 5.74) is 2.70. The smallest absolute Gasteiger partial charge is 0.261 e. The Labute approximate surface area is 168 Å². The van der Waals surface area contributed by atoms with Crippen molar-refractivity contribution in [2.75, 3.05) is 10.0 Å². The highest BCUT2D eigenvalue weighted by molar-refractivity contribution is 7.92. The van der Waals surface area contributed by atoms with E-state index < -0.39 is 10.0 Å². The Morgan fingerprint density at radius 2 is 1.63 bits per heavy atom. The second kappa shape index (κ2) is 8.51. The standard InChI is InChI=1S/C18H17N3O3S2.ClH/c1-12-3-7-15(8-4-12)21-26(23,24)16-9-5-14(6-10-16)17(22)20-18-19-13(2)11-25-18;/h3-11,21H,1-2H3,(H,19,20,22);1H. The molecule has 0 bridgehead atoms. The fourth-order valence-electron chi connectivity index (χ4n) is 2.20. The summed E-state index contributed by atoms with van der Waals surface area (Å²) in [5, 5.41) is 5.03. The molecule has 0 radical (unpaired) electrons. The maximum Gasteiger partial charge on any atom is 0.261 e. The number of anilines is 2. The van der Waals surface area contributed by atoms with Gasteiger partial charge in [-0.05, 0) is 50.2 Å². The van der Waals surface area contributed by atoms with Gasteiger partial charge in [-0.15, -0.1) is 23.7 Å². The Morgan fingerprint density at radius 3 is 2.19 bits per heavy atom. The molecule has 3 rings (SSSR count). The summed E-state index contributed by atoms with van der Waals surface area (Å²) in [6, 6.07) is 12.8. The number of aromatic nitrogens is 1. The van der Waals surface area contributed by atoms with Crippen molar-refractivity contribution in [1.82, 2.24) is 4.98 Å². The van der Waals surface area contributed by atoms with E-state index in [2.05, 4.69) is 15.0 Å². The number of benzene rings is 2. The van der Waals surface area contributed by atoms with Gasteiger partial charge in [-0.25, -0.2) is 13.4 Å².